The number of hydrogen-bond acceptors (Lipinski definition) is 5. The Balaban J connectivity index is 1.69. The van der Waals surface area contributed by atoms with Crippen molar-refractivity contribution in [1.82, 2.24) is 9.55 Å². The highest BCUT2D eigenvalue weighted by molar-refractivity contribution is 7.98. The summed E-state index contributed by atoms with van der Waals surface area (Å²) < 4.78 is 16.1. The fourth-order valence-corrected chi connectivity index (χ4v) is 6.34. The molecule has 0 fully saturated rings. The summed E-state index contributed by atoms with van der Waals surface area (Å²) in [5.41, 5.74) is 2.51. The smallest absolute Gasteiger partial charge is 0.267 e. The Kier molecular flexibility index (Phi) is 5.34. The van der Waals surface area contributed by atoms with Gasteiger partial charge in [-0.15, -0.1) is 11.3 Å². The minimum atomic E-state index is -0.464. The van der Waals surface area contributed by atoms with E-state index in [1.807, 2.05) is 18.2 Å². The number of benzene rings is 2. The van der Waals surface area contributed by atoms with Crippen LogP contribution in [0.5, 0.6) is 0 Å². The second-order valence-corrected chi connectivity index (χ2v) is 9.46. The van der Waals surface area contributed by atoms with Crippen molar-refractivity contribution in [3.63, 3.8) is 0 Å². The molecular weight excluding hydrogens is 429 g/mol. The molecule has 0 aliphatic heterocycles. The van der Waals surface area contributed by atoms with E-state index < -0.39 is 5.82 Å². The number of hydrogen-bond donors (Lipinski definition) is 0. The molecule has 31 heavy (non-hydrogen) atoms. The molecule has 7 heteroatoms. The highest BCUT2D eigenvalue weighted by Gasteiger charge is 2.24. The van der Waals surface area contributed by atoms with Gasteiger partial charge in [-0.1, -0.05) is 42.1 Å². The summed E-state index contributed by atoms with van der Waals surface area (Å²) in [5.74, 6) is -0.00423. The van der Waals surface area contributed by atoms with Gasteiger partial charge in [0, 0.05) is 10.6 Å². The Hall–Kier alpha value is -2.95. The van der Waals surface area contributed by atoms with E-state index in [4.69, 9.17) is 4.98 Å². The molecule has 154 valence electrons. The molecule has 0 N–H and O–H groups in total. The molecule has 0 saturated carbocycles. The van der Waals surface area contributed by atoms with E-state index in [2.05, 4.69) is 6.07 Å². The lowest BCUT2D eigenvalue weighted by molar-refractivity contribution is 0.608. The first-order valence-electron chi connectivity index (χ1n) is 10.1. The Labute approximate surface area is 187 Å². The third-order valence-corrected chi connectivity index (χ3v) is 7.72. The first-order valence-corrected chi connectivity index (χ1v) is 11.9. The standard InChI is InChI=1S/C24H18FN3OS2/c25-18-10-4-5-11-19(18)28-23(29)21-17-9-3-6-12-20(17)31-22(21)27-24(28)30-14-16-8-2-1-7-15(16)13-26/h1-2,4-5,7-8,10-11H,3,6,9,12,14H2. The number of halogens is 1. The lowest BCUT2D eigenvalue weighted by Gasteiger charge is -2.14. The highest BCUT2D eigenvalue weighted by Crippen LogP contribution is 2.36. The van der Waals surface area contributed by atoms with Gasteiger partial charge in [0.25, 0.3) is 5.56 Å². The SMILES string of the molecule is N#Cc1ccccc1CSc1nc2sc3c(c2c(=O)n1-c1ccccc1F)CCCC3. The molecule has 0 bridgehead atoms. The molecule has 1 aliphatic carbocycles. The van der Waals surface area contributed by atoms with Crippen LogP contribution in [0.25, 0.3) is 15.9 Å². The zero-order chi connectivity index (χ0) is 21.4. The average Bonchev–Trinajstić information content (AvgIpc) is 3.17. The second-order valence-electron chi connectivity index (χ2n) is 7.44. The lowest BCUT2D eigenvalue weighted by Crippen LogP contribution is -2.23. The minimum Gasteiger partial charge on any atom is -0.268 e. The van der Waals surface area contributed by atoms with Gasteiger partial charge < -0.3 is 0 Å². The van der Waals surface area contributed by atoms with Gasteiger partial charge >= 0.3 is 0 Å². The van der Waals surface area contributed by atoms with E-state index in [0.29, 0.717) is 21.9 Å². The number of nitrogens with zero attached hydrogens (tertiary/aromatic N) is 3. The first kappa shape index (κ1) is 20.0. The number of aryl methyl sites for hydroxylation is 2. The largest absolute Gasteiger partial charge is 0.268 e. The maximum absolute atomic E-state index is 14.7. The fraction of sp³-hybridized carbons (Fsp3) is 0.208. The molecule has 0 amide bonds. The number of thiophene rings is 1. The Morgan fingerprint density at radius 2 is 1.90 bits per heavy atom. The molecular formula is C24H18FN3OS2. The quantitative estimate of drug-likeness (QED) is 0.301. The number of nitriles is 1. The van der Waals surface area contributed by atoms with Gasteiger partial charge in [0.15, 0.2) is 5.16 Å². The van der Waals surface area contributed by atoms with Crippen LogP contribution >= 0.6 is 23.1 Å². The number of thioether (sulfide) groups is 1. The normalized spacial score (nSPS) is 13.2. The summed E-state index contributed by atoms with van der Waals surface area (Å²) in [4.78, 5) is 20.4. The predicted octanol–water partition coefficient (Wildman–Crippen LogP) is 5.63. The molecule has 0 spiro atoms. The van der Waals surface area contributed by atoms with E-state index in [1.54, 1.807) is 35.6 Å². The van der Waals surface area contributed by atoms with Crippen LogP contribution in [0.4, 0.5) is 4.39 Å². The summed E-state index contributed by atoms with van der Waals surface area (Å²) in [6.07, 6.45) is 4.01. The summed E-state index contributed by atoms with van der Waals surface area (Å²) in [7, 11) is 0. The number of para-hydroxylation sites is 1. The van der Waals surface area contributed by atoms with E-state index in [-0.39, 0.29) is 11.2 Å². The fourth-order valence-electron chi connectivity index (χ4n) is 4.03. The topological polar surface area (TPSA) is 58.7 Å². The Morgan fingerprint density at radius 1 is 1.13 bits per heavy atom. The molecule has 2 heterocycles. The third kappa shape index (κ3) is 3.56. The van der Waals surface area contributed by atoms with Crippen LogP contribution in [0, 0.1) is 17.1 Å². The number of aromatic nitrogens is 2. The van der Waals surface area contributed by atoms with Crippen molar-refractivity contribution in [2.45, 2.75) is 36.6 Å². The van der Waals surface area contributed by atoms with E-state index in [9.17, 15) is 14.4 Å². The van der Waals surface area contributed by atoms with Crippen molar-refractivity contribution in [2.24, 2.45) is 0 Å². The van der Waals surface area contributed by atoms with Gasteiger partial charge in [-0.3, -0.25) is 9.36 Å². The number of rotatable bonds is 4. The first-order chi connectivity index (χ1) is 15.2. The van der Waals surface area contributed by atoms with E-state index >= 15 is 0 Å². The van der Waals surface area contributed by atoms with Gasteiger partial charge in [0.05, 0.1) is 22.7 Å². The van der Waals surface area contributed by atoms with Crippen molar-refractivity contribution in [3.05, 3.63) is 86.3 Å². The summed E-state index contributed by atoms with van der Waals surface area (Å²) in [6, 6.07) is 15.9. The molecule has 4 aromatic rings. The molecule has 0 unspecified atom stereocenters. The molecule has 2 aromatic carbocycles. The van der Waals surface area contributed by atoms with Crippen LogP contribution in [0.15, 0.2) is 58.5 Å². The molecule has 5 rings (SSSR count). The van der Waals surface area contributed by atoms with Gasteiger partial charge in [0.2, 0.25) is 0 Å². The molecule has 1 aliphatic rings. The third-order valence-electron chi connectivity index (χ3n) is 5.55. The monoisotopic (exact) mass is 447 g/mol. The van der Waals surface area contributed by atoms with Crippen LogP contribution < -0.4 is 5.56 Å². The van der Waals surface area contributed by atoms with Gasteiger partial charge in [0.1, 0.15) is 10.6 Å². The molecule has 0 saturated heterocycles. The van der Waals surface area contributed by atoms with Crippen molar-refractivity contribution < 1.29 is 4.39 Å². The predicted molar refractivity (Wildman–Crippen MR) is 123 cm³/mol. The van der Waals surface area contributed by atoms with Crippen LogP contribution in [0.1, 0.15) is 34.4 Å². The average molecular weight is 448 g/mol. The summed E-state index contributed by atoms with van der Waals surface area (Å²) in [5, 5.41) is 10.5. The van der Waals surface area contributed by atoms with Gasteiger partial charge in [-0.25, -0.2) is 9.37 Å². The van der Waals surface area contributed by atoms with Crippen LogP contribution in [0.3, 0.4) is 0 Å². The molecule has 2 aromatic heterocycles. The second kappa shape index (κ2) is 8.29. The zero-order valence-corrected chi connectivity index (χ0v) is 18.2. The van der Waals surface area contributed by atoms with Gasteiger partial charge in [-0.05, 0) is 55.0 Å². The van der Waals surface area contributed by atoms with Crippen LogP contribution in [0.2, 0.25) is 0 Å². The van der Waals surface area contributed by atoms with Crippen LogP contribution in [-0.4, -0.2) is 9.55 Å². The lowest BCUT2D eigenvalue weighted by atomic mass is 9.97. The van der Waals surface area contributed by atoms with E-state index in [0.717, 1.165) is 41.6 Å². The Bertz CT molecular complexity index is 1400. The molecule has 0 atom stereocenters. The Morgan fingerprint density at radius 3 is 2.74 bits per heavy atom. The van der Waals surface area contributed by atoms with E-state index in [1.165, 1.54) is 27.3 Å². The van der Waals surface area contributed by atoms with Crippen molar-refractivity contribution >= 4 is 33.3 Å². The van der Waals surface area contributed by atoms with Crippen molar-refractivity contribution in [2.75, 3.05) is 0 Å². The van der Waals surface area contributed by atoms with Gasteiger partial charge in [-0.2, -0.15) is 5.26 Å². The maximum Gasteiger partial charge on any atom is 0.267 e. The van der Waals surface area contributed by atoms with Crippen LogP contribution in [-0.2, 0) is 18.6 Å². The highest BCUT2D eigenvalue weighted by atomic mass is 32.2. The number of fused-ring (bicyclic) bond motifs is 3. The summed E-state index contributed by atoms with van der Waals surface area (Å²) in [6.45, 7) is 0. The summed E-state index contributed by atoms with van der Waals surface area (Å²) >= 11 is 2.93. The minimum absolute atomic E-state index is 0.203. The van der Waals surface area contributed by atoms with Crippen molar-refractivity contribution in [1.29, 1.82) is 5.26 Å². The molecule has 0 radical (unpaired) electrons. The zero-order valence-electron chi connectivity index (χ0n) is 16.6. The maximum atomic E-state index is 14.7. The van der Waals surface area contributed by atoms with Crippen molar-refractivity contribution in [3.8, 4) is 11.8 Å². The molecule has 4 nitrogen and oxygen atoms in total.